The number of carbonyl (C=O) groups is 2. The Bertz CT molecular complexity index is 545. The smallest absolute Gasteiger partial charge is 0.305 e. The number of hydrogen-bond donors (Lipinski definition) is 1. The number of piperazine rings is 1. The third-order valence-electron chi connectivity index (χ3n) is 4.35. The van der Waals surface area contributed by atoms with Crippen molar-refractivity contribution in [3.05, 3.63) is 30.1 Å². The Morgan fingerprint density at radius 3 is 2.82 bits per heavy atom. The first-order chi connectivity index (χ1) is 10.6. The molecule has 0 bridgehead atoms. The van der Waals surface area contributed by atoms with Crippen LogP contribution in [-0.2, 0) is 16.1 Å². The topological polar surface area (TPSA) is 73.7 Å². The molecule has 1 aliphatic heterocycles. The van der Waals surface area contributed by atoms with Crippen LogP contribution in [-0.4, -0.2) is 57.4 Å². The van der Waals surface area contributed by atoms with Gasteiger partial charge in [-0.05, 0) is 30.4 Å². The van der Waals surface area contributed by atoms with Crippen LogP contribution in [0.1, 0.15) is 24.8 Å². The highest BCUT2D eigenvalue weighted by atomic mass is 16.4. The van der Waals surface area contributed by atoms with E-state index in [4.69, 9.17) is 5.11 Å². The van der Waals surface area contributed by atoms with Crippen LogP contribution < -0.4 is 0 Å². The lowest BCUT2D eigenvalue weighted by atomic mass is 10.1. The minimum atomic E-state index is -0.928. The van der Waals surface area contributed by atoms with E-state index in [1.807, 2.05) is 21.9 Å². The zero-order valence-electron chi connectivity index (χ0n) is 12.5. The first kappa shape index (κ1) is 15.0. The highest BCUT2D eigenvalue weighted by molar-refractivity contribution is 5.86. The molecule has 1 saturated heterocycles. The second kappa shape index (κ2) is 6.44. The minimum Gasteiger partial charge on any atom is -0.481 e. The fourth-order valence-corrected chi connectivity index (χ4v) is 2.97. The molecule has 0 spiro atoms. The molecule has 6 heteroatoms. The number of amides is 1. The van der Waals surface area contributed by atoms with Crippen molar-refractivity contribution in [2.24, 2.45) is 5.92 Å². The van der Waals surface area contributed by atoms with Gasteiger partial charge in [0.2, 0.25) is 5.91 Å². The van der Waals surface area contributed by atoms with Crippen molar-refractivity contribution in [1.29, 1.82) is 0 Å². The number of aromatic nitrogens is 1. The van der Waals surface area contributed by atoms with E-state index in [9.17, 15) is 9.59 Å². The van der Waals surface area contributed by atoms with Gasteiger partial charge in [0, 0.05) is 38.6 Å². The van der Waals surface area contributed by atoms with Gasteiger partial charge < -0.3 is 10.0 Å². The molecule has 1 unspecified atom stereocenters. The normalized spacial score (nSPS) is 22.8. The van der Waals surface area contributed by atoms with Gasteiger partial charge >= 0.3 is 5.97 Å². The van der Waals surface area contributed by atoms with Gasteiger partial charge in [0.1, 0.15) is 6.04 Å². The van der Waals surface area contributed by atoms with E-state index in [2.05, 4.69) is 4.98 Å². The molecule has 6 nitrogen and oxygen atoms in total. The van der Waals surface area contributed by atoms with Crippen LogP contribution >= 0.6 is 0 Å². The van der Waals surface area contributed by atoms with Gasteiger partial charge in [0.15, 0.2) is 0 Å². The van der Waals surface area contributed by atoms with Gasteiger partial charge in [-0.3, -0.25) is 19.5 Å². The highest BCUT2D eigenvalue weighted by Crippen LogP contribution is 2.31. The summed E-state index contributed by atoms with van der Waals surface area (Å²) in [6.45, 7) is 2.75. The van der Waals surface area contributed by atoms with E-state index in [0.717, 1.165) is 12.1 Å². The van der Waals surface area contributed by atoms with Crippen molar-refractivity contribution in [3.8, 4) is 0 Å². The van der Waals surface area contributed by atoms with Crippen molar-refractivity contribution in [3.63, 3.8) is 0 Å². The molecule has 1 aromatic rings. The number of hydrogen-bond acceptors (Lipinski definition) is 4. The lowest BCUT2D eigenvalue weighted by Crippen LogP contribution is -2.57. The summed E-state index contributed by atoms with van der Waals surface area (Å²) in [6.07, 6.45) is 5.70. The van der Waals surface area contributed by atoms with Crippen molar-refractivity contribution >= 4 is 11.9 Å². The number of carbonyl (C=O) groups excluding carboxylic acids is 1. The van der Waals surface area contributed by atoms with Gasteiger partial charge in [-0.25, -0.2) is 0 Å². The van der Waals surface area contributed by atoms with Crippen LogP contribution in [0.25, 0.3) is 0 Å². The second-order valence-corrected chi connectivity index (χ2v) is 6.17. The lowest BCUT2D eigenvalue weighted by molar-refractivity contribution is -0.149. The maximum Gasteiger partial charge on any atom is 0.305 e. The monoisotopic (exact) mass is 303 g/mol. The van der Waals surface area contributed by atoms with E-state index < -0.39 is 12.0 Å². The van der Waals surface area contributed by atoms with Gasteiger partial charge in [-0.15, -0.1) is 0 Å². The average molecular weight is 303 g/mol. The van der Waals surface area contributed by atoms with Gasteiger partial charge in [-0.1, -0.05) is 6.07 Å². The predicted molar refractivity (Wildman–Crippen MR) is 80.0 cm³/mol. The molecule has 2 fully saturated rings. The predicted octanol–water partition coefficient (Wildman–Crippen LogP) is 0.979. The molecule has 0 radical (unpaired) electrons. The number of rotatable bonds is 6. The minimum absolute atomic E-state index is 0.0376. The molecule has 1 atom stereocenters. The van der Waals surface area contributed by atoms with Gasteiger partial charge in [0.25, 0.3) is 0 Å². The summed E-state index contributed by atoms with van der Waals surface area (Å²) in [4.78, 5) is 31.7. The highest BCUT2D eigenvalue weighted by Gasteiger charge is 2.38. The third kappa shape index (κ3) is 3.62. The van der Waals surface area contributed by atoms with Crippen LogP contribution in [0.15, 0.2) is 24.5 Å². The zero-order chi connectivity index (χ0) is 15.5. The summed E-state index contributed by atoms with van der Waals surface area (Å²) in [6, 6.07) is 3.24. The number of carboxylic acid groups (broad SMARTS) is 1. The van der Waals surface area contributed by atoms with Gasteiger partial charge in [0.05, 0.1) is 6.42 Å². The van der Waals surface area contributed by atoms with E-state index in [0.29, 0.717) is 25.6 Å². The summed E-state index contributed by atoms with van der Waals surface area (Å²) < 4.78 is 0. The number of nitrogens with zero attached hydrogens (tertiary/aromatic N) is 3. The van der Waals surface area contributed by atoms with Crippen LogP contribution in [0.5, 0.6) is 0 Å². The first-order valence-electron chi connectivity index (χ1n) is 7.77. The Morgan fingerprint density at radius 1 is 1.36 bits per heavy atom. The van der Waals surface area contributed by atoms with Crippen LogP contribution in [0.3, 0.4) is 0 Å². The Kier molecular flexibility index (Phi) is 4.38. The average Bonchev–Trinajstić information content (AvgIpc) is 3.31. The lowest BCUT2D eigenvalue weighted by Gasteiger charge is -2.40. The summed E-state index contributed by atoms with van der Waals surface area (Å²) in [7, 11) is 0. The molecule has 1 aliphatic carbocycles. The molecular weight excluding hydrogens is 282 g/mol. The quantitative estimate of drug-likeness (QED) is 0.848. The van der Waals surface area contributed by atoms with Crippen LogP contribution in [0.4, 0.5) is 0 Å². The molecule has 1 N–H and O–H groups in total. The maximum absolute atomic E-state index is 12.6. The fraction of sp³-hybridized carbons (Fsp3) is 0.562. The maximum atomic E-state index is 12.6. The molecule has 1 amide bonds. The molecule has 22 heavy (non-hydrogen) atoms. The molecule has 2 heterocycles. The molecule has 2 aliphatic rings. The van der Waals surface area contributed by atoms with Gasteiger partial charge in [-0.2, -0.15) is 0 Å². The molecule has 1 saturated carbocycles. The number of carboxylic acids is 1. The van der Waals surface area contributed by atoms with Crippen molar-refractivity contribution in [2.75, 3.05) is 19.6 Å². The molecule has 0 aromatic carbocycles. The zero-order valence-corrected chi connectivity index (χ0v) is 12.5. The van der Waals surface area contributed by atoms with Crippen molar-refractivity contribution in [1.82, 2.24) is 14.8 Å². The third-order valence-corrected chi connectivity index (χ3v) is 4.35. The Hall–Kier alpha value is -1.95. The Labute approximate surface area is 129 Å². The molecule has 118 valence electrons. The Morgan fingerprint density at radius 2 is 2.18 bits per heavy atom. The van der Waals surface area contributed by atoms with Crippen molar-refractivity contribution < 1.29 is 14.7 Å². The van der Waals surface area contributed by atoms with Crippen LogP contribution in [0.2, 0.25) is 0 Å². The van der Waals surface area contributed by atoms with E-state index >= 15 is 0 Å². The van der Waals surface area contributed by atoms with Crippen LogP contribution in [0, 0.1) is 5.92 Å². The van der Waals surface area contributed by atoms with E-state index in [-0.39, 0.29) is 12.3 Å². The van der Waals surface area contributed by atoms with E-state index in [1.54, 1.807) is 12.4 Å². The van der Waals surface area contributed by atoms with E-state index in [1.165, 1.54) is 12.8 Å². The fourth-order valence-electron chi connectivity index (χ4n) is 2.97. The summed E-state index contributed by atoms with van der Waals surface area (Å²) in [5.74, 6) is -0.341. The summed E-state index contributed by atoms with van der Waals surface area (Å²) >= 11 is 0. The second-order valence-electron chi connectivity index (χ2n) is 6.17. The number of pyridine rings is 1. The molecule has 1 aromatic heterocycles. The SMILES string of the molecule is O=C(O)CC1C(=O)N(CC2CC2)CCN1Cc1cccnc1. The summed E-state index contributed by atoms with van der Waals surface area (Å²) in [5, 5.41) is 9.14. The molecular formula is C16H21N3O3. The first-order valence-corrected chi connectivity index (χ1v) is 7.77. The summed E-state index contributed by atoms with van der Waals surface area (Å²) in [5.41, 5.74) is 1.00. The Balaban J connectivity index is 1.70. The van der Waals surface area contributed by atoms with Crippen molar-refractivity contribution in [2.45, 2.75) is 31.8 Å². The standard InChI is InChI=1S/C16H21N3O3/c20-15(21)8-14-16(22)19(10-12-3-4-12)7-6-18(14)11-13-2-1-5-17-9-13/h1-2,5,9,12,14H,3-4,6-8,10-11H2,(H,20,21). The largest absolute Gasteiger partial charge is 0.481 e. The molecule has 3 rings (SSSR count). The number of aliphatic carboxylic acids is 1.